The molecule has 0 saturated carbocycles. The Morgan fingerprint density at radius 1 is 1.30 bits per heavy atom. The number of pyridine rings is 1. The molecule has 7 heteroatoms. The van der Waals surface area contributed by atoms with E-state index in [4.69, 9.17) is 9.47 Å². The van der Waals surface area contributed by atoms with Gasteiger partial charge in [0.15, 0.2) is 0 Å². The zero-order chi connectivity index (χ0) is 14.7. The molecule has 0 bridgehead atoms. The van der Waals surface area contributed by atoms with Crippen LogP contribution in [0.15, 0.2) is 34.8 Å². The van der Waals surface area contributed by atoms with Crippen molar-refractivity contribution in [3.8, 4) is 17.4 Å². The number of nitrogens with zero attached hydrogens (tertiary/aromatic N) is 2. The second kappa shape index (κ2) is 5.87. The van der Waals surface area contributed by atoms with Crippen molar-refractivity contribution in [1.29, 1.82) is 0 Å². The summed E-state index contributed by atoms with van der Waals surface area (Å²) in [6.45, 7) is 1.80. The van der Waals surface area contributed by atoms with Gasteiger partial charge in [-0.05, 0) is 41.1 Å². The van der Waals surface area contributed by atoms with Crippen molar-refractivity contribution in [3.05, 3.63) is 50.6 Å². The molecule has 0 atom stereocenters. The molecule has 0 spiro atoms. The van der Waals surface area contributed by atoms with E-state index in [0.717, 1.165) is 10.2 Å². The van der Waals surface area contributed by atoms with E-state index in [9.17, 15) is 10.1 Å². The predicted octanol–water partition coefficient (Wildman–Crippen LogP) is 3.86. The van der Waals surface area contributed by atoms with Crippen LogP contribution >= 0.6 is 15.9 Å². The van der Waals surface area contributed by atoms with E-state index in [1.807, 2.05) is 0 Å². The largest absolute Gasteiger partial charge is 0.496 e. The number of hydrogen-bond donors (Lipinski definition) is 0. The van der Waals surface area contributed by atoms with Crippen LogP contribution in [-0.2, 0) is 0 Å². The zero-order valence-electron chi connectivity index (χ0n) is 10.8. The van der Waals surface area contributed by atoms with Gasteiger partial charge in [0.1, 0.15) is 5.75 Å². The first-order chi connectivity index (χ1) is 9.51. The van der Waals surface area contributed by atoms with Gasteiger partial charge >= 0.3 is 5.69 Å². The standard InChI is InChI=1S/C13H11BrN2O4/c1-8-10(14)4-6-13(15-8)20-12-5-3-9(19-2)7-11(12)16(17)18/h3-7H,1-2H3. The van der Waals surface area contributed by atoms with Gasteiger partial charge in [0.05, 0.1) is 23.8 Å². The highest BCUT2D eigenvalue weighted by atomic mass is 79.9. The van der Waals surface area contributed by atoms with Crippen molar-refractivity contribution in [2.24, 2.45) is 0 Å². The highest BCUT2D eigenvalue weighted by Gasteiger charge is 2.17. The lowest BCUT2D eigenvalue weighted by Crippen LogP contribution is -1.96. The van der Waals surface area contributed by atoms with Gasteiger partial charge < -0.3 is 9.47 Å². The van der Waals surface area contributed by atoms with Crippen LogP contribution in [0.1, 0.15) is 5.69 Å². The van der Waals surface area contributed by atoms with Crippen molar-refractivity contribution in [1.82, 2.24) is 4.98 Å². The molecule has 0 N–H and O–H groups in total. The third-order valence-electron chi connectivity index (χ3n) is 2.57. The summed E-state index contributed by atoms with van der Waals surface area (Å²) >= 11 is 3.33. The maximum Gasteiger partial charge on any atom is 0.315 e. The predicted molar refractivity (Wildman–Crippen MR) is 76.4 cm³/mol. The van der Waals surface area contributed by atoms with Crippen LogP contribution in [0.25, 0.3) is 0 Å². The van der Waals surface area contributed by atoms with Gasteiger partial charge in [0.25, 0.3) is 0 Å². The van der Waals surface area contributed by atoms with Gasteiger partial charge in [-0.25, -0.2) is 4.98 Å². The van der Waals surface area contributed by atoms with Crippen LogP contribution in [-0.4, -0.2) is 17.0 Å². The number of rotatable bonds is 4. The molecule has 6 nitrogen and oxygen atoms in total. The molecule has 104 valence electrons. The number of hydrogen-bond acceptors (Lipinski definition) is 5. The molecule has 0 aliphatic heterocycles. The van der Waals surface area contributed by atoms with E-state index in [1.165, 1.54) is 19.2 Å². The molecular weight excluding hydrogens is 328 g/mol. The first-order valence-electron chi connectivity index (χ1n) is 5.64. The second-order valence-corrected chi connectivity index (χ2v) is 4.76. The molecule has 0 radical (unpaired) electrons. The Morgan fingerprint density at radius 3 is 2.65 bits per heavy atom. The average Bonchev–Trinajstić information content (AvgIpc) is 2.43. The fraction of sp³-hybridized carbons (Fsp3) is 0.154. The molecule has 1 aromatic heterocycles. The van der Waals surface area contributed by atoms with Crippen molar-refractivity contribution < 1.29 is 14.4 Å². The Bertz CT molecular complexity index is 661. The van der Waals surface area contributed by atoms with E-state index in [2.05, 4.69) is 20.9 Å². The van der Waals surface area contributed by atoms with Crippen molar-refractivity contribution >= 4 is 21.6 Å². The molecule has 0 amide bonds. The van der Waals surface area contributed by atoms with Gasteiger partial charge in [-0.1, -0.05) is 0 Å². The average molecular weight is 339 g/mol. The third-order valence-corrected chi connectivity index (χ3v) is 3.41. The summed E-state index contributed by atoms with van der Waals surface area (Å²) < 4.78 is 11.3. The fourth-order valence-electron chi connectivity index (χ4n) is 1.54. The number of halogens is 1. The van der Waals surface area contributed by atoms with Crippen LogP contribution in [0.3, 0.4) is 0 Å². The lowest BCUT2D eigenvalue weighted by Gasteiger charge is -2.08. The summed E-state index contributed by atoms with van der Waals surface area (Å²) in [5, 5.41) is 11.0. The minimum atomic E-state index is -0.524. The molecule has 0 aliphatic carbocycles. The lowest BCUT2D eigenvalue weighted by atomic mass is 10.3. The van der Waals surface area contributed by atoms with E-state index in [-0.39, 0.29) is 11.4 Å². The highest BCUT2D eigenvalue weighted by Crippen LogP contribution is 2.34. The molecule has 0 unspecified atom stereocenters. The van der Waals surface area contributed by atoms with Gasteiger partial charge in [-0.15, -0.1) is 0 Å². The minimum Gasteiger partial charge on any atom is -0.496 e. The van der Waals surface area contributed by atoms with Gasteiger partial charge in [-0.2, -0.15) is 0 Å². The minimum absolute atomic E-state index is 0.116. The first kappa shape index (κ1) is 14.3. The number of benzene rings is 1. The van der Waals surface area contributed by atoms with Crippen LogP contribution < -0.4 is 9.47 Å². The Hall–Kier alpha value is -2.15. The van der Waals surface area contributed by atoms with Crippen LogP contribution in [0.5, 0.6) is 17.4 Å². The Kier molecular flexibility index (Phi) is 4.19. The Balaban J connectivity index is 2.37. The van der Waals surface area contributed by atoms with Gasteiger partial charge in [0.2, 0.25) is 11.6 Å². The SMILES string of the molecule is COc1ccc(Oc2ccc(Br)c(C)n2)c([N+](=O)[O-])c1. The number of aromatic nitrogens is 1. The maximum atomic E-state index is 11.0. The van der Waals surface area contributed by atoms with Crippen molar-refractivity contribution in [2.75, 3.05) is 7.11 Å². The molecule has 1 heterocycles. The summed E-state index contributed by atoms with van der Waals surface area (Å²) in [5.41, 5.74) is 0.561. The number of nitro benzene ring substituents is 1. The quantitative estimate of drug-likeness (QED) is 0.625. The normalized spacial score (nSPS) is 10.2. The summed E-state index contributed by atoms with van der Waals surface area (Å²) in [6.07, 6.45) is 0. The monoisotopic (exact) mass is 338 g/mol. The van der Waals surface area contributed by atoms with Gasteiger partial charge in [-0.3, -0.25) is 10.1 Å². The molecule has 0 fully saturated rings. The highest BCUT2D eigenvalue weighted by molar-refractivity contribution is 9.10. The van der Waals surface area contributed by atoms with E-state index in [0.29, 0.717) is 11.6 Å². The zero-order valence-corrected chi connectivity index (χ0v) is 12.4. The molecule has 20 heavy (non-hydrogen) atoms. The fourth-order valence-corrected chi connectivity index (χ4v) is 1.76. The smallest absolute Gasteiger partial charge is 0.315 e. The molecular formula is C13H11BrN2O4. The van der Waals surface area contributed by atoms with E-state index in [1.54, 1.807) is 25.1 Å². The third kappa shape index (κ3) is 3.05. The molecule has 0 aliphatic rings. The number of nitro groups is 1. The second-order valence-electron chi connectivity index (χ2n) is 3.91. The number of ether oxygens (including phenoxy) is 2. The number of aryl methyl sites for hydroxylation is 1. The Labute approximate surface area is 123 Å². The molecule has 0 saturated heterocycles. The number of methoxy groups -OCH3 is 1. The Morgan fingerprint density at radius 2 is 2.05 bits per heavy atom. The molecule has 2 aromatic rings. The lowest BCUT2D eigenvalue weighted by molar-refractivity contribution is -0.385. The van der Waals surface area contributed by atoms with Gasteiger partial charge in [0, 0.05) is 10.5 Å². The van der Waals surface area contributed by atoms with Crippen LogP contribution in [0.2, 0.25) is 0 Å². The first-order valence-corrected chi connectivity index (χ1v) is 6.44. The van der Waals surface area contributed by atoms with Crippen molar-refractivity contribution in [2.45, 2.75) is 6.92 Å². The summed E-state index contributed by atoms with van der Waals surface area (Å²) in [6, 6.07) is 7.78. The van der Waals surface area contributed by atoms with E-state index >= 15 is 0 Å². The molecule has 2 rings (SSSR count). The topological polar surface area (TPSA) is 74.5 Å². The van der Waals surface area contributed by atoms with Crippen LogP contribution in [0.4, 0.5) is 5.69 Å². The van der Waals surface area contributed by atoms with Crippen LogP contribution in [0, 0.1) is 17.0 Å². The van der Waals surface area contributed by atoms with E-state index < -0.39 is 4.92 Å². The van der Waals surface area contributed by atoms with Crippen molar-refractivity contribution in [3.63, 3.8) is 0 Å². The summed E-state index contributed by atoms with van der Waals surface area (Å²) in [4.78, 5) is 14.7. The maximum absolute atomic E-state index is 11.0. The summed E-state index contributed by atoms with van der Waals surface area (Å²) in [7, 11) is 1.44. The molecule has 1 aromatic carbocycles. The summed E-state index contributed by atoms with van der Waals surface area (Å²) in [5.74, 6) is 0.799.